The summed E-state index contributed by atoms with van der Waals surface area (Å²) >= 11 is 0. The van der Waals surface area contributed by atoms with Gasteiger partial charge in [-0.3, -0.25) is 0 Å². The molecular weight excluding hydrogens is 456 g/mol. The van der Waals surface area contributed by atoms with E-state index in [1.165, 1.54) is 22.3 Å². The van der Waals surface area contributed by atoms with Crippen LogP contribution in [0.1, 0.15) is 12.5 Å². The summed E-state index contributed by atoms with van der Waals surface area (Å²) in [4.78, 5) is 0. The van der Waals surface area contributed by atoms with Crippen molar-refractivity contribution in [1.29, 1.82) is 0 Å². The molecule has 3 aromatic carbocycles. The summed E-state index contributed by atoms with van der Waals surface area (Å²) in [6.07, 6.45) is 1.49. The Labute approximate surface area is 213 Å². The smallest absolute Gasteiger partial charge is 0.122 e. The van der Waals surface area contributed by atoms with Gasteiger partial charge in [0.2, 0.25) is 0 Å². The van der Waals surface area contributed by atoms with E-state index in [2.05, 4.69) is 61.5 Å². The lowest BCUT2D eigenvalue weighted by molar-refractivity contribution is 0.0876. The van der Waals surface area contributed by atoms with Crippen molar-refractivity contribution in [1.82, 2.24) is 0 Å². The minimum absolute atomic E-state index is 0.290. The Morgan fingerprint density at radius 2 is 1.14 bits per heavy atom. The molecule has 3 aromatic rings. The summed E-state index contributed by atoms with van der Waals surface area (Å²) in [5.74, 6) is 1.77. The van der Waals surface area contributed by atoms with Gasteiger partial charge in [-0.1, -0.05) is 49.4 Å². The summed E-state index contributed by atoms with van der Waals surface area (Å²) in [6.45, 7) is 7.32. The third kappa shape index (κ3) is 7.31. The van der Waals surface area contributed by atoms with E-state index in [0.29, 0.717) is 51.8 Å². The Bertz CT molecular complexity index is 1090. The van der Waals surface area contributed by atoms with Crippen molar-refractivity contribution in [2.75, 3.05) is 52.9 Å². The zero-order valence-corrected chi connectivity index (χ0v) is 20.8. The van der Waals surface area contributed by atoms with E-state index in [-0.39, 0.29) is 0 Å². The molecule has 0 amide bonds. The quantitative estimate of drug-likeness (QED) is 0.216. The van der Waals surface area contributed by atoms with Crippen molar-refractivity contribution >= 4 is 0 Å². The molecule has 2 aliphatic heterocycles. The number of hydrogen-bond donors (Lipinski definition) is 0. The molecule has 190 valence electrons. The zero-order valence-electron chi connectivity index (χ0n) is 20.8. The second-order valence-corrected chi connectivity index (χ2v) is 9.04. The molecule has 0 bridgehead atoms. The van der Waals surface area contributed by atoms with Crippen molar-refractivity contribution in [3.63, 3.8) is 0 Å². The first-order valence-electron chi connectivity index (χ1n) is 12.8. The van der Waals surface area contributed by atoms with Crippen molar-refractivity contribution in [2.24, 2.45) is 0 Å². The molecule has 2 saturated heterocycles. The number of hydrogen-bond acceptors (Lipinski definition) is 6. The van der Waals surface area contributed by atoms with Crippen LogP contribution in [0.5, 0.6) is 11.5 Å². The number of epoxide rings is 2. The lowest BCUT2D eigenvalue weighted by Crippen LogP contribution is -2.10. The van der Waals surface area contributed by atoms with E-state index in [1.807, 2.05) is 12.1 Å². The van der Waals surface area contributed by atoms with Crippen LogP contribution in [0.15, 0.2) is 66.7 Å². The molecule has 36 heavy (non-hydrogen) atoms. The molecule has 2 atom stereocenters. The topological polar surface area (TPSA) is 62.0 Å². The van der Waals surface area contributed by atoms with E-state index in [9.17, 15) is 0 Å². The number of rotatable bonds is 15. The van der Waals surface area contributed by atoms with Crippen molar-refractivity contribution in [3.8, 4) is 33.8 Å². The highest BCUT2D eigenvalue weighted by atomic mass is 16.6. The highest BCUT2D eigenvalue weighted by molar-refractivity contribution is 5.71. The third-order valence-electron chi connectivity index (χ3n) is 6.24. The molecule has 2 unspecified atom stereocenters. The Morgan fingerprint density at radius 3 is 1.69 bits per heavy atom. The Hall–Kier alpha value is -2.90. The highest BCUT2D eigenvalue weighted by Gasteiger charge is 2.22. The van der Waals surface area contributed by atoms with Crippen LogP contribution in [-0.2, 0) is 25.4 Å². The second kappa shape index (κ2) is 12.4. The second-order valence-electron chi connectivity index (χ2n) is 9.04. The normalized spacial score (nSPS) is 18.1. The number of aryl methyl sites for hydroxylation is 1. The van der Waals surface area contributed by atoms with Crippen LogP contribution in [0.4, 0.5) is 0 Å². The predicted molar refractivity (Wildman–Crippen MR) is 139 cm³/mol. The maximum atomic E-state index is 5.97. The molecule has 0 spiro atoms. The van der Waals surface area contributed by atoms with Crippen LogP contribution in [0.3, 0.4) is 0 Å². The molecule has 6 nitrogen and oxygen atoms in total. The molecule has 2 heterocycles. The van der Waals surface area contributed by atoms with Crippen LogP contribution in [0, 0.1) is 0 Å². The van der Waals surface area contributed by atoms with Crippen molar-refractivity contribution in [2.45, 2.75) is 25.6 Å². The number of ether oxygens (including phenoxy) is 6. The van der Waals surface area contributed by atoms with Gasteiger partial charge in [-0.15, -0.1) is 0 Å². The molecule has 0 N–H and O–H groups in total. The van der Waals surface area contributed by atoms with E-state index in [1.54, 1.807) is 0 Å². The molecule has 2 fully saturated rings. The lowest BCUT2D eigenvalue weighted by atomic mass is 9.98. The summed E-state index contributed by atoms with van der Waals surface area (Å²) in [5, 5.41) is 0. The molecule has 0 saturated carbocycles. The average molecular weight is 491 g/mol. The molecule has 0 aromatic heterocycles. The van der Waals surface area contributed by atoms with Gasteiger partial charge >= 0.3 is 0 Å². The van der Waals surface area contributed by atoms with Gasteiger partial charge in [0.1, 0.15) is 36.9 Å². The van der Waals surface area contributed by atoms with Gasteiger partial charge in [-0.2, -0.15) is 0 Å². The van der Waals surface area contributed by atoms with E-state index >= 15 is 0 Å². The van der Waals surface area contributed by atoms with Gasteiger partial charge in [0, 0.05) is 0 Å². The first-order valence-corrected chi connectivity index (χ1v) is 12.8. The Kier molecular flexibility index (Phi) is 8.51. The van der Waals surface area contributed by atoms with Gasteiger partial charge in [-0.25, -0.2) is 0 Å². The fourth-order valence-corrected chi connectivity index (χ4v) is 3.96. The van der Waals surface area contributed by atoms with Crippen LogP contribution in [-0.4, -0.2) is 65.1 Å². The van der Waals surface area contributed by atoms with Crippen LogP contribution in [0.25, 0.3) is 22.3 Å². The molecular formula is C30H34O6. The van der Waals surface area contributed by atoms with Crippen molar-refractivity contribution in [3.05, 3.63) is 72.3 Å². The minimum Gasteiger partial charge on any atom is -0.491 e. The summed E-state index contributed by atoms with van der Waals surface area (Å²) < 4.78 is 33.1. The SMILES string of the molecule is CCc1cc(-c2ccc(-c3ccc(OCCOCC4CO4)cc3)cc2)ccc1OCCOCC1CO1. The summed E-state index contributed by atoms with van der Waals surface area (Å²) in [6, 6.07) is 23.3. The van der Waals surface area contributed by atoms with Crippen molar-refractivity contribution < 1.29 is 28.4 Å². The maximum Gasteiger partial charge on any atom is 0.122 e. The van der Waals surface area contributed by atoms with E-state index in [0.717, 1.165) is 36.7 Å². The van der Waals surface area contributed by atoms with E-state index < -0.39 is 0 Å². The zero-order chi connectivity index (χ0) is 24.6. The molecule has 2 aliphatic rings. The summed E-state index contributed by atoms with van der Waals surface area (Å²) in [5.41, 5.74) is 5.90. The fraction of sp³-hybridized carbons (Fsp3) is 0.400. The number of benzene rings is 3. The third-order valence-corrected chi connectivity index (χ3v) is 6.24. The maximum absolute atomic E-state index is 5.97. The van der Waals surface area contributed by atoms with Gasteiger partial charge < -0.3 is 28.4 Å². The largest absolute Gasteiger partial charge is 0.491 e. The lowest BCUT2D eigenvalue weighted by Gasteiger charge is -2.13. The standard InChI is InChI=1S/C30H34O6/c1-2-22-17-26(9-12-30(22)34-16-14-32-19-29-21-36-29)25-5-3-23(4-6-25)24-7-10-27(11-8-24)33-15-13-31-18-28-20-35-28/h3-12,17,28-29H,2,13-16,18-21H2,1H3. The molecule has 5 rings (SSSR count). The monoisotopic (exact) mass is 490 g/mol. The first-order chi connectivity index (χ1) is 17.8. The molecule has 6 heteroatoms. The minimum atomic E-state index is 0.290. The Balaban J connectivity index is 1.13. The van der Waals surface area contributed by atoms with Gasteiger partial charge in [0.25, 0.3) is 0 Å². The van der Waals surface area contributed by atoms with Crippen LogP contribution < -0.4 is 9.47 Å². The fourth-order valence-electron chi connectivity index (χ4n) is 3.96. The van der Waals surface area contributed by atoms with Gasteiger partial charge in [-0.05, 0) is 58.5 Å². The highest BCUT2D eigenvalue weighted by Crippen LogP contribution is 2.30. The first kappa shape index (κ1) is 24.8. The van der Waals surface area contributed by atoms with Gasteiger partial charge in [0.15, 0.2) is 0 Å². The van der Waals surface area contributed by atoms with Crippen LogP contribution in [0.2, 0.25) is 0 Å². The van der Waals surface area contributed by atoms with Crippen LogP contribution >= 0.6 is 0 Å². The van der Waals surface area contributed by atoms with E-state index in [4.69, 9.17) is 28.4 Å². The van der Waals surface area contributed by atoms with Gasteiger partial charge in [0.05, 0.1) is 39.6 Å². The summed E-state index contributed by atoms with van der Waals surface area (Å²) in [7, 11) is 0. The predicted octanol–water partition coefficient (Wildman–Crippen LogP) is 5.17. The molecule has 0 aliphatic carbocycles. The average Bonchev–Trinajstić information content (AvgIpc) is 3.85. The molecule has 0 radical (unpaired) electrons. The Morgan fingerprint density at radius 1 is 0.639 bits per heavy atom.